The predicted octanol–water partition coefficient (Wildman–Crippen LogP) is 2.64. The van der Waals surface area contributed by atoms with E-state index >= 15 is 0 Å². The molecule has 0 spiro atoms. The maximum absolute atomic E-state index is 12.6. The minimum atomic E-state index is -0.0951. The number of aromatic amines is 1. The molecule has 8 heteroatoms. The standard InChI is InChI=1S/C20H21N5O3/c26-20(21-14-5-6-17-18(11-14)28-13-27-17)25-9-7-24(8-10-25)12-19-22-15-3-1-2-4-16(15)23-19/h1-6,11H,7-10,12-13H2,(H,21,26)(H,22,23). The largest absolute Gasteiger partial charge is 0.454 e. The van der Waals surface area contributed by atoms with Crippen LogP contribution < -0.4 is 14.8 Å². The number of benzene rings is 2. The maximum Gasteiger partial charge on any atom is 0.321 e. The second kappa shape index (κ2) is 7.05. The summed E-state index contributed by atoms with van der Waals surface area (Å²) in [7, 11) is 0. The van der Waals surface area contributed by atoms with E-state index in [0.717, 1.165) is 36.5 Å². The molecule has 0 atom stereocenters. The minimum Gasteiger partial charge on any atom is -0.454 e. The summed E-state index contributed by atoms with van der Waals surface area (Å²) < 4.78 is 10.7. The molecule has 1 aromatic heterocycles. The van der Waals surface area contributed by atoms with E-state index in [1.54, 1.807) is 6.07 Å². The minimum absolute atomic E-state index is 0.0951. The van der Waals surface area contributed by atoms with Crippen LogP contribution in [-0.4, -0.2) is 58.8 Å². The number of carbonyl (C=O) groups is 1. The lowest BCUT2D eigenvalue weighted by Crippen LogP contribution is -2.49. The molecule has 28 heavy (non-hydrogen) atoms. The molecule has 2 aliphatic rings. The summed E-state index contributed by atoms with van der Waals surface area (Å²) in [6.07, 6.45) is 0. The summed E-state index contributed by atoms with van der Waals surface area (Å²) in [6, 6.07) is 13.4. The fourth-order valence-corrected chi connectivity index (χ4v) is 3.58. The van der Waals surface area contributed by atoms with Crippen molar-refractivity contribution in [2.24, 2.45) is 0 Å². The van der Waals surface area contributed by atoms with Crippen LogP contribution in [0.4, 0.5) is 10.5 Å². The molecule has 0 bridgehead atoms. The van der Waals surface area contributed by atoms with Gasteiger partial charge in [0.15, 0.2) is 11.5 Å². The first-order valence-corrected chi connectivity index (χ1v) is 9.36. The number of imidazole rings is 1. The van der Waals surface area contributed by atoms with Crippen molar-refractivity contribution in [2.45, 2.75) is 6.54 Å². The number of aromatic nitrogens is 2. The Morgan fingerprint density at radius 3 is 2.75 bits per heavy atom. The zero-order valence-corrected chi connectivity index (χ0v) is 15.4. The number of carbonyl (C=O) groups excluding carboxylic acids is 1. The van der Waals surface area contributed by atoms with Crippen molar-refractivity contribution in [1.82, 2.24) is 19.8 Å². The lowest BCUT2D eigenvalue weighted by molar-refractivity contribution is 0.141. The van der Waals surface area contributed by atoms with Crippen molar-refractivity contribution in [1.29, 1.82) is 0 Å². The molecule has 0 aliphatic carbocycles. The Hall–Kier alpha value is -3.26. The first-order chi connectivity index (χ1) is 13.7. The van der Waals surface area contributed by atoms with Crippen LogP contribution in [0.1, 0.15) is 5.82 Å². The Labute approximate surface area is 162 Å². The van der Waals surface area contributed by atoms with Gasteiger partial charge in [0.05, 0.1) is 17.6 Å². The summed E-state index contributed by atoms with van der Waals surface area (Å²) >= 11 is 0. The number of hydrogen-bond donors (Lipinski definition) is 2. The second-order valence-corrected chi connectivity index (χ2v) is 6.96. The molecule has 3 aromatic rings. The van der Waals surface area contributed by atoms with Gasteiger partial charge in [-0.3, -0.25) is 4.90 Å². The molecule has 1 saturated heterocycles. The van der Waals surface area contributed by atoms with Crippen LogP contribution in [0.15, 0.2) is 42.5 Å². The normalized spacial score (nSPS) is 16.5. The molecule has 5 rings (SSSR count). The number of amides is 2. The molecule has 2 amide bonds. The Kier molecular flexibility index (Phi) is 4.25. The number of ether oxygens (including phenoxy) is 2. The average Bonchev–Trinajstić information content (AvgIpc) is 3.34. The third kappa shape index (κ3) is 3.34. The summed E-state index contributed by atoms with van der Waals surface area (Å²) in [5.41, 5.74) is 2.75. The van der Waals surface area contributed by atoms with Gasteiger partial charge in [-0.05, 0) is 24.3 Å². The molecule has 2 aliphatic heterocycles. The molecular formula is C20H21N5O3. The van der Waals surface area contributed by atoms with Gasteiger partial charge in [-0.1, -0.05) is 12.1 Å². The molecule has 0 radical (unpaired) electrons. The second-order valence-electron chi connectivity index (χ2n) is 6.96. The number of piperazine rings is 1. The van der Waals surface area contributed by atoms with Crippen molar-refractivity contribution < 1.29 is 14.3 Å². The smallest absolute Gasteiger partial charge is 0.321 e. The van der Waals surface area contributed by atoms with Gasteiger partial charge < -0.3 is 24.7 Å². The molecule has 144 valence electrons. The molecule has 1 fully saturated rings. The number of anilines is 1. The summed E-state index contributed by atoms with van der Waals surface area (Å²) in [5.74, 6) is 2.32. The first kappa shape index (κ1) is 16.9. The number of rotatable bonds is 3. The van der Waals surface area contributed by atoms with Gasteiger partial charge in [0.25, 0.3) is 0 Å². The van der Waals surface area contributed by atoms with Crippen LogP contribution >= 0.6 is 0 Å². The van der Waals surface area contributed by atoms with Crippen LogP contribution in [0.25, 0.3) is 11.0 Å². The van der Waals surface area contributed by atoms with Crippen LogP contribution in [0.5, 0.6) is 11.5 Å². The molecule has 3 heterocycles. The van der Waals surface area contributed by atoms with E-state index in [0.29, 0.717) is 30.3 Å². The molecule has 8 nitrogen and oxygen atoms in total. The van der Waals surface area contributed by atoms with E-state index in [9.17, 15) is 4.79 Å². The Morgan fingerprint density at radius 2 is 1.89 bits per heavy atom. The molecule has 2 aromatic carbocycles. The highest BCUT2D eigenvalue weighted by molar-refractivity contribution is 5.89. The number of H-pyrrole nitrogens is 1. The van der Waals surface area contributed by atoms with Crippen LogP contribution in [0.2, 0.25) is 0 Å². The van der Waals surface area contributed by atoms with Crippen molar-refractivity contribution in [3.8, 4) is 11.5 Å². The third-order valence-corrected chi connectivity index (χ3v) is 5.10. The van der Waals surface area contributed by atoms with Gasteiger partial charge in [-0.2, -0.15) is 0 Å². The van der Waals surface area contributed by atoms with Gasteiger partial charge in [0.1, 0.15) is 5.82 Å². The van der Waals surface area contributed by atoms with E-state index < -0.39 is 0 Å². The van der Waals surface area contributed by atoms with Crippen molar-refractivity contribution >= 4 is 22.8 Å². The number of nitrogens with one attached hydrogen (secondary N) is 2. The number of nitrogens with zero attached hydrogens (tertiary/aromatic N) is 3. The lowest BCUT2D eigenvalue weighted by atomic mass is 10.2. The molecule has 0 saturated carbocycles. The summed E-state index contributed by atoms with van der Waals surface area (Å²) in [5, 5.41) is 2.94. The SMILES string of the molecule is O=C(Nc1ccc2c(c1)OCO2)N1CCN(Cc2nc3ccccc3[nH]2)CC1. The Morgan fingerprint density at radius 1 is 1.07 bits per heavy atom. The zero-order chi connectivity index (χ0) is 18.9. The molecule has 0 unspecified atom stereocenters. The zero-order valence-electron chi connectivity index (χ0n) is 15.4. The average molecular weight is 379 g/mol. The van der Waals surface area contributed by atoms with E-state index in [1.807, 2.05) is 41.3 Å². The number of para-hydroxylation sites is 2. The van der Waals surface area contributed by atoms with Gasteiger partial charge in [-0.15, -0.1) is 0 Å². The predicted molar refractivity (Wildman–Crippen MR) is 105 cm³/mol. The van der Waals surface area contributed by atoms with Crippen LogP contribution in [-0.2, 0) is 6.54 Å². The topological polar surface area (TPSA) is 82.7 Å². The Bertz CT molecular complexity index is 977. The highest BCUT2D eigenvalue weighted by atomic mass is 16.7. The van der Waals surface area contributed by atoms with Crippen LogP contribution in [0, 0.1) is 0 Å². The first-order valence-electron chi connectivity index (χ1n) is 9.36. The number of fused-ring (bicyclic) bond motifs is 2. The lowest BCUT2D eigenvalue weighted by Gasteiger charge is -2.34. The van der Waals surface area contributed by atoms with E-state index in [2.05, 4.69) is 20.2 Å². The highest BCUT2D eigenvalue weighted by Crippen LogP contribution is 2.34. The van der Waals surface area contributed by atoms with Gasteiger partial charge in [0, 0.05) is 37.9 Å². The van der Waals surface area contributed by atoms with E-state index in [-0.39, 0.29) is 12.8 Å². The summed E-state index contributed by atoms with van der Waals surface area (Å²) in [4.78, 5) is 24.7. The van der Waals surface area contributed by atoms with Crippen molar-refractivity contribution in [3.05, 3.63) is 48.3 Å². The van der Waals surface area contributed by atoms with E-state index in [1.165, 1.54) is 0 Å². The van der Waals surface area contributed by atoms with Crippen molar-refractivity contribution in [2.75, 3.05) is 38.3 Å². The molecular weight excluding hydrogens is 358 g/mol. The van der Waals surface area contributed by atoms with Gasteiger partial charge in [0.2, 0.25) is 6.79 Å². The fraction of sp³-hybridized carbons (Fsp3) is 0.300. The monoisotopic (exact) mass is 379 g/mol. The Balaban J connectivity index is 1.16. The maximum atomic E-state index is 12.6. The van der Waals surface area contributed by atoms with Crippen LogP contribution in [0.3, 0.4) is 0 Å². The van der Waals surface area contributed by atoms with Gasteiger partial charge >= 0.3 is 6.03 Å². The number of urea groups is 1. The third-order valence-electron chi connectivity index (χ3n) is 5.10. The molecule has 2 N–H and O–H groups in total. The number of hydrogen-bond acceptors (Lipinski definition) is 5. The fourth-order valence-electron chi connectivity index (χ4n) is 3.58. The van der Waals surface area contributed by atoms with Gasteiger partial charge in [-0.25, -0.2) is 9.78 Å². The van der Waals surface area contributed by atoms with E-state index in [4.69, 9.17) is 9.47 Å². The van der Waals surface area contributed by atoms with Crippen molar-refractivity contribution in [3.63, 3.8) is 0 Å². The quantitative estimate of drug-likeness (QED) is 0.731. The summed E-state index contributed by atoms with van der Waals surface area (Å²) in [6.45, 7) is 3.96. The highest BCUT2D eigenvalue weighted by Gasteiger charge is 2.22.